The highest BCUT2D eigenvalue weighted by atomic mass is 32.2. The van der Waals surface area contributed by atoms with E-state index < -0.39 is 10.0 Å². The standard InChI is InChI=1S/C15H26N2O3S/c1-5-13(3)17(8-9-20-4)21(18,19)15-7-6-14(11-16)12(2)10-15/h6-7,10,13H,5,8-9,11,16H2,1-4H3. The largest absolute Gasteiger partial charge is 0.383 e. The van der Waals surface area contributed by atoms with Crippen molar-refractivity contribution >= 4 is 10.0 Å². The molecule has 1 atom stereocenters. The molecule has 0 radical (unpaired) electrons. The summed E-state index contributed by atoms with van der Waals surface area (Å²) in [4.78, 5) is 0.314. The van der Waals surface area contributed by atoms with Crippen LogP contribution < -0.4 is 5.73 Å². The number of hydrogen-bond donors (Lipinski definition) is 1. The first kappa shape index (κ1) is 18.1. The van der Waals surface area contributed by atoms with Crippen molar-refractivity contribution in [2.75, 3.05) is 20.3 Å². The molecule has 2 N–H and O–H groups in total. The summed E-state index contributed by atoms with van der Waals surface area (Å²) in [7, 11) is -1.95. The van der Waals surface area contributed by atoms with Gasteiger partial charge in [-0.2, -0.15) is 4.31 Å². The minimum absolute atomic E-state index is 0.0698. The summed E-state index contributed by atoms with van der Waals surface area (Å²) >= 11 is 0. The van der Waals surface area contributed by atoms with E-state index in [-0.39, 0.29) is 6.04 Å². The van der Waals surface area contributed by atoms with E-state index in [2.05, 4.69) is 0 Å². The van der Waals surface area contributed by atoms with Crippen LogP contribution in [0.3, 0.4) is 0 Å². The zero-order valence-electron chi connectivity index (χ0n) is 13.3. The van der Waals surface area contributed by atoms with Crippen molar-refractivity contribution in [1.82, 2.24) is 4.31 Å². The Morgan fingerprint density at radius 2 is 2.05 bits per heavy atom. The van der Waals surface area contributed by atoms with Crippen LogP contribution in [0.4, 0.5) is 0 Å². The maximum Gasteiger partial charge on any atom is 0.243 e. The Labute approximate surface area is 128 Å². The molecule has 120 valence electrons. The molecule has 0 saturated heterocycles. The summed E-state index contributed by atoms with van der Waals surface area (Å²) < 4.78 is 32.2. The Morgan fingerprint density at radius 1 is 1.38 bits per heavy atom. The molecular formula is C15H26N2O3S. The van der Waals surface area contributed by atoms with Crippen LogP contribution in [0.15, 0.2) is 23.1 Å². The molecule has 0 aliphatic heterocycles. The second kappa shape index (κ2) is 7.89. The van der Waals surface area contributed by atoms with Gasteiger partial charge < -0.3 is 10.5 Å². The van der Waals surface area contributed by atoms with Crippen LogP contribution in [0.1, 0.15) is 31.4 Å². The molecule has 21 heavy (non-hydrogen) atoms. The molecule has 1 aromatic carbocycles. The van der Waals surface area contributed by atoms with E-state index in [0.717, 1.165) is 17.5 Å². The zero-order valence-corrected chi connectivity index (χ0v) is 14.1. The number of sulfonamides is 1. The Kier molecular flexibility index (Phi) is 6.80. The molecular weight excluding hydrogens is 288 g/mol. The smallest absolute Gasteiger partial charge is 0.243 e. The van der Waals surface area contributed by atoms with Gasteiger partial charge in [-0.15, -0.1) is 0 Å². The SMILES string of the molecule is CCC(C)N(CCOC)S(=O)(=O)c1ccc(CN)c(C)c1. The Balaban J connectivity index is 3.18. The normalized spacial score (nSPS) is 13.6. The number of methoxy groups -OCH3 is 1. The third-order valence-electron chi connectivity index (χ3n) is 3.74. The van der Waals surface area contributed by atoms with Gasteiger partial charge in [0.1, 0.15) is 0 Å². The lowest BCUT2D eigenvalue weighted by Crippen LogP contribution is -2.40. The minimum atomic E-state index is -3.52. The van der Waals surface area contributed by atoms with Crippen LogP contribution >= 0.6 is 0 Å². The lowest BCUT2D eigenvalue weighted by molar-refractivity contribution is 0.167. The third kappa shape index (κ3) is 4.26. The van der Waals surface area contributed by atoms with Crippen LogP contribution in [-0.4, -0.2) is 39.0 Å². The molecule has 0 fully saturated rings. The number of aryl methyl sites for hydroxylation is 1. The summed E-state index contributed by atoms with van der Waals surface area (Å²) in [5, 5.41) is 0. The van der Waals surface area contributed by atoms with Gasteiger partial charge in [0, 0.05) is 26.2 Å². The van der Waals surface area contributed by atoms with Gasteiger partial charge in [-0.1, -0.05) is 13.0 Å². The maximum absolute atomic E-state index is 12.8. The van der Waals surface area contributed by atoms with E-state index in [1.165, 1.54) is 4.31 Å². The molecule has 0 amide bonds. The van der Waals surface area contributed by atoms with E-state index in [1.807, 2.05) is 20.8 Å². The highest BCUT2D eigenvalue weighted by Crippen LogP contribution is 2.22. The highest BCUT2D eigenvalue weighted by molar-refractivity contribution is 7.89. The Morgan fingerprint density at radius 3 is 2.52 bits per heavy atom. The lowest BCUT2D eigenvalue weighted by atomic mass is 10.1. The molecule has 0 aliphatic rings. The summed E-state index contributed by atoms with van der Waals surface area (Å²) in [6, 6.07) is 5.04. The lowest BCUT2D eigenvalue weighted by Gasteiger charge is -2.27. The van der Waals surface area contributed by atoms with Crippen LogP contribution in [0.25, 0.3) is 0 Å². The second-order valence-corrected chi connectivity index (χ2v) is 7.05. The molecule has 0 aliphatic carbocycles. The summed E-state index contributed by atoms with van der Waals surface area (Å²) in [6.07, 6.45) is 0.753. The molecule has 0 aromatic heterocycles. The third-order valence-corrected chi connectivity index (χ3v) is 5.75. The van der Waals surface area contributed by atoms with Crippen molar-refractivity contribution in [2.24, 2.45) is 5.73 Å². The zero-order chi connectivity index (χ0) is 16.0. The van der Waals surface area contributed by atoms with Gasteiger partial charge in [-0.05, 0) is 43.5 Å². The molecule has 0 spiro atoms. The van der Waals surface area contributed by atoms with Crippen molar-refractivity contribution in [3.63, 3.8) is 0 Å². The van der Waals surface area contributed by atoms with E-state index in [4.69, 9.17) is 10.5 Å². The van der Waals surface area contributed by atoms with Gasteiger partial charge in [0.15, 0.2) is 0 Å². The van der Waals surface area contributed by atoms with Crippen molar-refractivity contribution in [3.8, 4) is 0 Å². The Bertz CT molecular complexity index is 558. The number of nitrogens with zero attached hydrogens (tertiary/aromatic N) is 1. The first-order valence-electron chi connectivity index (χ1n) is 7.18. The minimum Gasteiger partial charge on any atom is -0.383 e. The predicted molar refractivity (Wildman–Crippen MR) is 84.6 cm³/mol. The van der Waals surface area contributed by atoms with Gasteiger partial charge in [0.05, 0.1) is 11.5 Å². The van der Waals surface area contributed by atoms with Gasteiger partial charge in [-0.25, -0.2) is 8.42 Å². The second-order valence-electron chi connectivity index (χ2n) is 5.16. The summed E-state index contributed by atoms with van der Waals surface area (Å²) in [5.74, 6) is 0. The highest BCUT2D eigenvalue weighted by Gasteiger charge is 2.28. The molecule has 1 rings (SSSR count). The average Bonchev–Trinajstić information content (AvgIpc) is 2.46. The quantitative estimate of drug-likeness (QED) is 0.795. The van der Waals surface area contributed by atoms with E-state index in [0.29, 0.717) is 24.6 Å². The van der Waals surface area contributed by atoms with Crippen molar-refractivity contribution in [1.29, 1.82) is 0 Å². The predicted octanol–water partition coefficient (Wildman–Crippen LogP) is 1.89. The number of ether oxygens (including phenoxy) is 1. The topological polar surface area (TPSA) is 72.6 Å². The first-order valence-corrected chi connectivity index (χ1v) is 8.62. The molecule has 0 heterocycles. The Hall–Kier alpha value is -0.950. The summed E-state index contributed by atoms with van der Waals surface area (Å²) in [6.45, 7) is 6.90. The molecule has 1 unspecified atom stereocenters. The van der Waals surface area contributed by atoms with Crippen LogP contribution in [-0.2, 0) is 21.3 Å². The van der Waals surface area contributed by atoms with Crippen molar-refractivity contribution in [2.45, 2.75) is 44.7 Å². The molecule has 1 aromatic rings. The van der Waals surface area contributed by atoms with Crippen molar-refractivity contribution in [3.05, 3.63) is 29.3 Å². The fourth-order valence-electron chi connectivity index (χ4n) is 2.16. The van der Waals surface area contributed by atoms with Crippen LogP contribution in [0.5, 0.6) is 0 Å². The van der Waals surface area contributed by atoms with Gasteiger partial charge in [0.2, 0.25) is 10.0 Å². The number of nitrogens with two attached hydrogens (primary N) is 1. The fourth-order valence-corrected chi connectivity index (χ4v) is 3.93. The number of benzene rings is 1. The molecule has 0 bridgehead atoms. The molecule has 6 heteroatoms. The van der Waals surface area contributed by atoms with Crippen LogP contribution in [0.2, 0.25) is 0 Å². The fraction of sp³-hybridized carbons (Fsp3) is 0.600. The maximum atomic E-state index is 12.8. The van der Waals surface area contributed by atoms with E-state index in [1.54, 1.807) is 25.3 Å². The van der Waals surface area contributed by atoms with Gasteiger partial charge in [0.25, 0.3) is 0 Å². The first-order chi connectivity index (χ1) is 9.88. The average molecular weight is 314 g/mol. The van der Waals surface area contributed by atoms with Gasteiger partial charge >= 0.3 is 0 Å². The number of hydrogen-bond acceptors (Lipinski definition) is 4. The van der Waals surface area contributed by atoms with Gasteiger partial charge in [-0.3, -0.25) is 0 Å². The van der Waals surface area contributed by atoms with Crippen molar-refractivity contribution < 1.29 is 13.2 Å². The van der Waals surface area contributed by atoms with E-state index in [9.17, 15) is 8.42 Å². The summed E-state index contributed by atoms with van der Waals surface area (Å²) in [5.41, 5.74) is 7.49. The van der Waals surface area contributed by atoms with E-state index >= 15 is 0 Å². The monoisotopic (exact) mass is 314 g/mol. The molecule has 0 saturated carbocycles. The molecule has 5 nitrogen and oxygen atoms in total. The number of rotatable bonds is 8. The van der Waals surface area contributed by atoms with Crippen LogP contribution in [0, 0.1) is 6.92 Å².